The molecule has 0 saturated carbocycles. The number of aromatic nitrogens is 1. The Hall–Kier alpha value is -1.31. The van der Waals surface area contributed by atoms with E-state index in [0.717, 1.165) is 17.9 Å². The second-order valence-electron chi connectivity index (χ2n) is 4.03. The highest BCUT2D eigenvalue weighted by atomic mass is 16.5. The normalized spacial score (nSPS) is 15.2. The van der Waals surface area contributed by atoms with E-state index in [0.29, 0.717) is 12.5 Å². The van der Waals surface area contributed by atoms with Gasteiger partial charge in [-0.25, -0.2) is 0 Å². The molecule has 2 rings (SSSR count). The van der Waals surface area contributed by atoms with Gasteiger partial charge >= 0.3 is 0 Å². The second kappa shape index (κ2) is 3.45. The average molecular weight is 189 g/mol. The first-order valence-corrected chi connectivity index (χ1v) is 4.95. The molecule has 74 valence electrons. The summed E-state index contributed by atoms with van der Waals surface area (Å²) in [6, 6.07) is 2.19. The Morgan fingerprint density at radius 2 is 2.29 bits per heavy atom. The van der Waals surface area contributed by atoms with E-state index in [1.54, 1.807) is 0 Å². The molecule has 0 aliphatic carbocycles. The zero-order valence-corrected chi connectivity index (χ0v) is 8.71. The lowest BCUT2D eigenvalue weighted by Gasteiger charge is -2.19. The van der Waals surface area contributed by atoms with Crippen LogP contribution in [0, 0.1) is 0 Å². The lowest BCUT2D eigenvalue weighted by molar-refractivity contribution is 0.180. The Morgan fingerprint density at radius 3 is 3.00 bits per heavy atom. The first kappa shape index (κ1) is 9.25. The summed E-state index contributed by atoms with van der Waals surface area (Å²) in [4.78, 5) is 4.45. The zero-order chi connectivity index (χ0) is 10.1. The fourth-order valence-electron chi connectivity index (χ4n) is 1.57. The van der Waals surface area contributed by atoms with Gasteiger partial charge in [0.05, 0.1) is 11.5 Å². The molecule has 0 spiro atoms. The van der Waals surface area contributed by atoms with E-state index < -0.39 is 0 Å². The average Bonchev–Trinajstić information content (AvgIpc) is 2.16. The molecule has 2 nitrogen and oxygen atoms in total. The Kier molecular flexibility index (Phi) is 2.28. The van der Waals surface area contributed by atoms with Crippen molar-refractivity contribution in [2.45, 2.75) is 32.8 Å². The predicted octanol–water partition coefficient (Wildman–Crippen LogP) is 2.79. The van der Waals surface area contributed by atoms with Gasteiger partial charge < -0.3 is 4.74 Å². The van der Waals surface area contributed by atoms with E-state index in [2.05, 4.69) is 31.5 Å². The van der Waals surface area contributed by atoms with Crippen molar-refractivity contribution < 1.29 is 4.74 Å². The first-order chi connectivity index (χ1) is 6.66. The summed E-state index contributed by atoms with van der Waals surface area (Å²) in [5.41, 5.74) is 3.61. The quantitative estimate of drug-likeness (QED) is 0.677. The van der Waals surface area contributed by atoms with Gasteiger partial charge in [-0.1, -0.05) is 20.4 Å². The number of hydrogen-bond donors (Lipinski definition) is 0. The van der Waals surface area contributed by atoms with Crippen molar-refractivity contribution in [3.05, 3.63) is 41.4 Å². The smallest absolute Gasteiger partial charge is 0.115 e. The predicted molar refractivity (Wildman–Crippen MR) is 56.0 cm³/mol. The molecule has 0 amide bonds. The minimum absolute atomic E-state index is 0.526. The maximum atomic E-state index is 5.40. The van der Waals surface area contributed by atoms with Gasteiger partial charge in [-0.15, -0.1) is 0 Å². The summed E-state index contributed by atoms with van der Waals surface area (Å²) in [6.07, 6.45) is 2.72. The van der Waals surface area contributed by atoms with Crippen LogP contribution in [0.2, 0.25) is 0 Å². The van der Waals surface area contributed by atoms with E-state index in [-0.39, 0.29) is 0 Å². The zero-order valence-electron chi connectivity index (χ0n) is 8.71. The molecule has 2 heteroatoms. The highest BCUT2D eigenvalue weighted by molar-refractivity contribution is 5.30. The molecule has 0 fully saturated rings. The van der Waals surface area contributed by atoms with E-state index in [1.807, 2.05) is 6.20 Å². The van der Waals surface area contributed by atoms with Gasteiger partial charge in [0.2, 0.25) is 0 Å². The van der Waals surface area contributed by atoms with Crippen LogP contribution in [0.25, 0.3) is 0 Å². The summed E-state index contributed by atoms with van der Waals surface area (Å²) in [7, 11) is 0. The van der Waals surface area contributed by atoms with Crippen LogP contribution in [0.1, 0.15) is 36.6 Å². The molecule has 14 heavy (non-hydrogen) atoms. The van der Waals surface area contributed by atoms with Gasteiger partial charge in [-0.3, -0.25) is 4.98 Å². The first-order valence-electron chi connectivity index (χ1n) is 4.95. The summed E-state index contributed by atoms with van der Waals surface area (Å²) < 4.78 is 5.40. The molecule has 0 aromatic carbocycles. The fraction of sp³-hybridized carbons (Fsp3) is 0.417. The number of ether oxygens (including phenoxy) is 1. The molecule has 0 saturated heterocycles. The number of nitrogens with zero attached hydrogens (tertiary/aromatic N) is 1. The van der Waals surface area contributed by atoms with Gasteiger partial charge in [0.15, 0.2) is 0 Å². The van der Waals surface area contributed by atoms with Gasteiger partial charge in [-0.2, -0.15) is 0 Å². The Morgan fingerprint density at radius 1 is 1.50 bits per heavy atom. The number of rotatable bonds is 1. The van der Waals surface area contributed by atoms with Crippen LogP contribution >= 0.6 is 0 Å². The topological polar surface area (TPSA) is 22.1 Å². The SMILES string of the molecule is C=C1Cc2ncc(C(C)C)cc2CO1. The molecule has 0 radical (unpaired) electrons. The molecule has 1 aliphatic heterocycles. The van der Waals surface area contributed by atoms with E-state index in [9.17, 15) is 0 Å². The van der Waals surface area contributed by atoms with E-state index in [1.165, 1.54) is 11.1 Å². The van der Waals surface area contributed by atoms with Crippen LogP contribution < -0.4 is 0 Å². The number of hydrogen-bond acceptors (Lipinski definition) is 2. The maximum Gasteiger partial charge on any atom is 0.115 e. The molecular weight excluding hydrogens is 174 g/mol. The van der Waals surface area contributed by atoms with Crippen molar-refractivity contribution in [3.8, 4) is 0 Å². The molecular formula is C12H15NO. The summed E-state index contributed by atoms with van der Waals surface area (Å²) in [6.45, 7) is 8.78. The van der Waals surface area contributed by atoms with Crippen molar-refractivity contribution >= 4 is 0 Å². The molecule has 1 aliphatic rings. The fourth-order valence-corrected chi connectivity index (χ4v) is 1.57. The molecule has 1 aromatic rings. The van der Waals surface area contributed by atoms with Gasteiger partial charge in [0.25, 0.3) is 0 Å². The van der Waals surface area contributed by atoms with Crippen molar-refractivity contribution in [3.63, 3.8) is 0 Å². The molecule has 1 aromatic heterocycles. The lowest BCUT2D eigenvalue weighted by atomic mass is 10.0. The minimum Gasteiger partial charge on any atom is -0.493 e. The van der Waals surface area contributed by atoms with Gasteiger partial charge in [-0.05, 0) is 17.5 Å². The standard InChI is InChI=1S/C12H15NO/c1-8(2)10-5-11-7-14-9(3)4-12(11)13-6-10/h5-6,8H,3-4,7H2,1-2H3. The van der Waals surface area contributed by atoms with Crippen LogP contribution in [0.15, 0.2) is 24.6 Å². The Balaban J connectivity index is 2.36. The second-order valence-corrected chi connectivity index (χ2v) is 4.03. The minimum atomic E-state index is 0.526. The summed E-state index contributed by atoms with van der Waals surface area (Å²) in [5, 5.41) is 0. The van der Waals surface area contributed by atoms with Crippen molar-refractivity contribution in [2.75, 3.05) is 0 Å². The molecule has 2 heterocycles. The number of fused-ring (bicyclic) bond motifs is 1. The summed E-state index contributed by atoms with van der Waals surface area (Å²) >= 11 is 0. The van der Waals surface area contributed by atoms with E-state index in [4.69, 9.17) is 4.74 Å². The Bertz CT molecular complexity index is 369. The van der Waals surface area contributed by atoms with E-state index >= 15 is 0 Å². The van der Waals surface area contributed by atoms with Crippen LogP contribution in [0.3, 0.4) is 0 Å². The van der Waals surface area contributed by atoms with Gasteiger partial charge in [0, 0.05) is 18.2 Å². The van der Waals surface area contributed by atoms with Crippen LogP contribution in [0.4, 0.5) is 0 Å². The van der Waals surface area contributed by atoms with Crippen molar-refractivity contribution in [2.24, 2.45) is 0 Å². The van der Waals surface area contributed by atoms with Crippen molar-refractivity contribution in [1.82, 2.24) is 4.98 Å². The molecule has 0 atom stereocenters. The maximum absolute atomic E-state index is 5.40. The third-order valence-corrected chi connectivity index (χ3v) is 2.54. The Labute approximate surface area is 84.6 Å². The summed E-state index contributed by atoms with van der Waals surface area (Å²) in [5.74, 6) is 1.35. The van der Waals surface area contributed by atoms with Gasteiger partial charge in [0.1, 0.15) is 6.61 Å². The third-order valence-electron chi connectivity index (χ3n) is 2.54. The third kappa shape index (κ3) is 1.65. The monoisotopic (exact) mass is 189 g/mol. The number of pyridine rings is 1. The lowest BCUT2D eigenvalue weighted by Crippen LogP contribution is -2.10. The van der Waals surface area contributed by atoms with Crippen LogP contribution in [-0.2, 0) is 17.8 Å². The highest BCUT2D eigenvalue weighted by Gasteiger charge is 2.14. The highest BCUT2D eigenvalue weighted by Crippen LogP contribution is 2.23. The van der Waals surface area contributed by atoms with Crippen LogP contribution in [-0.4, -0.2) is 4.98 Å². The van der Waals surface area contributed by atoms with Crippen LogP contribution in [0.5, 0.6) is 0 Å². The largest absolute Gasteiger partial charge is 0.493 e. The van der Waals surface area contributed by atoms with Crippen molar-refractivity contribution in [1.29, 1.82) is 0 Å². The molecule has 0 bridgehead atoms. The molecule has 0 unspecified atom stereocenters. The molecule has 0 N–H and O–H groups in total. The number of allylic oxidation sites excluding steroid dienone is 1.